The molecule has 2 aromatic rings. The molecular formula is C15H20N4O2. The summed E-state index contributed by atoms with van der Waals surface area (Å²) in [6.07, 6.45) is 1.50. The van der Waals surface area contributed by atoms with Crippen LogP contribution in [0, 0.1) is 0 Å². The molecule has 6 heteroatoms. The molecule has 1 aromatic carbocycles. The molecule has 0 saturated heterocycles. The average Bonchev–Trinajstić information content (AvgIpc) is 2.50. The Morgan fingerprint density at radius 3 is 2.38 bits per heavy atom. The number of hydrogen-bond acceptors (Lipinski definition) is 6. The number of ether oxygens (including phenoxy) is 2. The van der Waals surface area contributed by atoms with Gasteiger partial charge in [-0.25, -0.2) is 9.97 Å². The van der Waals surface area contributed by atoms with Crippen LogP contribution in [-0.2, 0) is 0 Å². The first-order chi connectivity index (χ1) is 10.3. The minimum Gasteiger partial charge on any atom is -0.494 e. The van der Waals surface area contributed by atoms with Crippen molar-refractivity contribution in [2.45, 2.75) is 13.8 Å². The Bertz CT molecular complexity index is 572. The molecule has 0 saturated carbocycles. The maximum Gasteiger partial charge on any atom is 0.204 e. The summed E-state index contributed by atoms with van der Waals surface area (Å²) in [4.78, 5) is 8.40. The zero-order chi connectivity index (χ0) is 15.1. The Labute approximate surface area is 124 Å². The van der Waals surface area contributed by atoms with E-state index in [0.717, 1.165) is 18.0 Å². The number of rotatable bonds is 7. The lowest BCUT2D eigenvalue weighted by Gasteiger charge is -2.13. The molecule has 0 bridgehead atoms. The third kappa shape index (κ3) is 3.75. The van der Waals surface area contributed by atoms with Crippen molar-refractivity contribution in [3.8, 4) is 11.5 Å². The molecule has 21 heavy (non-hydrogen) atoms. The van der Waals surface area contributed by atoms with Crippen molar-refractivity contribution in [1.29, 1.82) is 0 Å². The number of anilines is 3. The van der Waals surface area contributed by atoms with Gasteiger partial charge in [-0.05, 0) is 38.1 Å². The van der Waals surface area contributed by atoms with Crippen LogP contribution in [0.3, 0.4) is 0 Å². The number of aromatic nitrogens is 2. The van der Waals surface area contributed by atoms with E-state index < -0.39 is 0 Å². The van der Waals surface area contributed by atoms with E-state index in [4.69, 9.17) is 9.47 Å². The van der Waals surface area contributed by atoms with E-state index in [0.29, 0.717) is 24.0 Å². The zero-order valence-electron chi connectivity index (χ0n) is 12.5. The number of benzene rings is 1. The van der Waals surface area contributed by atoms with E-state index in [1.165, 1.54) is 6.33 Å². The van der Waals surface area contributed by atoms with E-state index in [2.05, 4.69) is 20.6 Å². The van der Waals surface area contributed by atoms with Crippen LogP contribution in [0.4, 0.5) is 17.3 Å². The van der Waals surface area contributed by atoms with Gasteiger partial charge in [0.05, 0.1) is 13.7 Å². The van der Waals surface area contributed by atoms with Gasteiger partial charge in [0.15, 0.2) is 11.6 Å². The van der Waals surface area contributed by atoms with Crippen molar-refractivity contribution in [2.75, 3.05) is 30.9 Å². The summed E-state index contributed by atoms with van der Waals surface area (Å²) < 4.78 is 10.8. The summed E-state index contributed by atoms with van der Waals surface area (Å²) in [5.41, 5.74) is 0.901. The summed E-state index contributed by atoms with van der Waals surface area (Å²) in [6, 6.07) is 7.67. The Hall–Kier alpha value is -2.50. The molecule has 0 fully saturated rings. The Balaban J connectivity index is 2.20. The van der Waals surface area contributed by atoms with Crippen molar-refractivity contribution in [3.05, 3.63) is 30.6 Å². The lowest BCUT2D eigenvalue weighted by atomic mass is 10.3. The van der Waals surface area contributed by atoms with Gasteiger partial charge in [0.1, 0.15) is 12.1 Å². The number of nitrogens with zero attached hydrogens (tertiary/aromatic N) is 2. The van der Waals surface area contributed by atoms with Crippen molar-refractivity contribution in [2.24, 2.45) is 0 Å². The molecule has 0 radical (unpaired) electrons. The minimum absolute atomic E-state index is 0.591. The second-order valence-corrected chi connectivity index (χ2v) is 4.22. The molecule has 6 nitrogen and oxygen atoms in total. The molecule has 0 aliphatic heterocycles. The van der Waals surface area contributed by atoms with Gasteiger partial charge < -0.3 is 20.1 Å². The van der Waals surface area contributed by atoms with Gasteiger partial charge in [-0.2, -0.15) is 0 Å². The highest BCUT2D eigenvalue weighted by atomic mass is 16.5. The maximum absolute atomic E-state index is 5.42. The molecular weight excluding hydrogens is 268 g/mol. The minimum atomic E-state index is 0.591. The monoisotopic (exact) mass is 288 g/mol. The van der Waals surface area contributed by atoms with Crippen LogP contribution >= 0.6 is 0 Å². The first kappa shape index (κ1) is 14.9. The highest BCUT2D eigenvalue weighted by molar-refractivity contribution is 5.69. The quantitative estimate of drug-likeness (QED) is 0.816. The zero-order valence-corrected chi connectivity index (χ0v) is 12.5. The van der Waals surface area contributed by atoms with Gasteiger partial charge in [0, 0.05) is 12.2 Å². The van der Waals surface area contributed by atoms with Crippen LogP contribution in [0.1, 0.15) is 13.8 Å². The van der Waals surface area contributed by atoms with Crippen molar-refractivity contribution >= 4 is 17.3 Å². The van der Waals surface area contributed by atoms with Gasteiger partial charge in [-0.1, -0.05) is 0 Å². The lowest BCUT2D eigenvalue weighted by Crippen LogP contribution is -2.05. The Morgan fingerprint density at radius 2 is 1.76 bits per heavy atom. The molecule has 0 amide bonds. The molecule has 0 unspecified atom stereocenters. The van der Waals surface area contributed by atoms with Crippen molar-refractivity contribution in [1.82, 2.24) is 9.97 Å². The van der Waals surface area contributed by atoms with Gasteiger partial charge in [-0.3, -0.25) is 0 Å². The second-order valence-electron chi connectivity index (χ2n) is 4.22. The topological polar surface area (TPSA) is 68.3 Å². The predicted molar refractivity (Wildman–Crippen MR) is 83.6 cm³/mol. The summed E-state index contributed by atoms with van der Waals surface area (Å²) in [7, 11) is 1.60. The van der Waals surface area contributed by atoms with Crippen LogP contribution < -0.4 is 20.1 Å². The molecule has 0 atom stereocenters. The lowest BCUT2D eigenvalue weighted by molar-refractivity contribution is 0.340. The highest BCUT2D eigenvalue weighted by Gasteiger charge is 2.11. The average molecular weight is 288 g/mol. The highest BCUT2D eigenvalue weighted by Crippen LogP contribution is 2.31. The van der Waals surface area contributed by atoms with Crippen LogP contribution in [0.25, 0.3) is 0 Å². The van der Waals surface area contributed by atoms with Gasteiger partial charge >= 0.3 is 0 Å². The normalized spacial score (nSPS) is 10.0. The SMILES string of the molecule is CCNc1ncnc(Nc2ccc(OCC)cc2)c1OC. The van der Waals surface area contributed by atoms with E-state index >= 15 is 0 Å². The first-order valence-electron chi connectivity index (χ1n) is 6.91. The summed E-state index contributed by atoms with van der Waals surface area (Å²) in [5, 5.41) is 6.36. The fourth-order valence-corrected chi connectivity index (χ4v) is 1.89. The van der Waals surface area contributed by atoms with Gasteiger partial charge in [0.2, 0.25) is 5.75 Å². The second kappa shape index (κ2) is 7.33. The maximum atomic E-state index is 5.42. The Morgan fingerprint density at radius 1 is 1.05 bits per heavy atom. The third-order valence-corrected chi connectivity index (χ3v) is 2.78. The molecule has 2 rings (SSSR count). The third-order valence-electron chi connectivity index (χ3n) is 2.78. The number of hydrogen-bond donors (Lipinski definition) is 2. The van der Waals surface area contributed by atoms with Crippen LogP contribution in [0.15, 0.2) is 30.6 Å². The molecule has 2 N–H and O–H groups in total. The fourth-order valence-electron chi connectivity index (χ4n) is 1.89. The van der Waals surface area contributed by atoms with E-state index in [1.807, 2.05) is 38.1 Å². The van der Waals surface area contributed by atoms with Crippen LogP contribution in [0.2, 0.25) is 0 Å². The van der Waals surface area contributed by atoms with Crippen LogP contribution in [0.5, 0.6) is 11.5 Å². The fraction of sp³-hybridized carbons (Fsp3) is 0.333. The van der Waals surface area contributed by atoms with Crippen molar-refractivity contribution < 1.29 is 9.47 Å². The molecule has 1 aromatic heterocycles. The summed E-state index contributed by atoms with van der Waals surface area (Å²) in [6.45, 7) is 5.37. The molecule has 0 spiro atoms. The van der Waals surface area contributed by atoms with Crippen molar-refractivity contribution in [3.63, 3.8) is 0 Å². The summed E-state index contributed by atoms with van der Waals surface area (Å²) in [5.74, 6) is 2.72. The van der Waals surface area contributed by atoms with E-state index in [-0.39, 0.29) is 0 Å². The number of methoxy groups -OCH3 is 1. The first-order valence-corrected chi connectivity index (χ1v) is 6.91. The Kier molecular flexibility index (Phi) is 5.20. The van der Waals surface area contributed by atoms with E-state index in [1.54, 1.807) is 7.11 Å². The van der Waals surface area contributed by atoms with Gasteiger partial charge in [0.25, 0.3) is 0 Å². The molecule has 1 heterocycles. The molecule has 0 aliphatic carbocycles. The molecule has 0 aliphatic rings. The largest absolute Gasteiger partial charge is 0.494 e. The predicted octanol–water partition coefficient (Wildman–Crippen LogP) is 3.06. The summed E-state index contributed by atoms with van der Waals surface area (Å²) >= 11 is 0. The van der Waals surface area contributed by atoms with Crippen LogP contribution in [-0.4, -0.2) is 30.2 Å². The smallest absolute Gasteiger partial charge is 0.204 e. The molecule has 112 valence electrons. The standard InChI is InChI=1S/C15H20N4O2/c1-4-16-14-13(20-3)15(18-10-17-14)19-11-6-8-12(9-7-11)21-5-2/h6-10H,4-5H2,1-3H3,(H2,16,17,18,19). The van der Waals surface area contributed by atoms with E-state index in [9.17, 15) is 0 Å². The number of nitrogens with one attached hydrogen (secondary N) is 2. The van der Waals surface area contributed by atoms with Gasteiger partial charge in [-0.15, -0.1) is 0 Å².